The first-order chi connectivity index (χ1) is 26.8. The van der Waals surface area contributed by atoms with Gasteiger partial charge in [0.1, 0.15) is 5.82 Å². The van der Waals surface area contributed by atoms with Crippen LogP contribution in [0, 0.1) is 0 Å². The zero-order valence-corrected chi connectivity index (χ0v) is 29.4. The summed E-state index contributed by atoms with van der Waals surface area (Å²) in [4.78, 5) is 5.16. The average Bonchev–Trinajstić information content (AvgIpc) is 3.88. The van der Waals surface area contributed by atoms with Crippen LogP contribution in [0.5, 0.6) is 0 Å². The lowest BCUT2D eigenvalue weighted by Gasteiger charge is -2.32. The van der Waals surface area contributed by atoms with Crippen LogP contribution in [0.1, 0.15) is 22.3 Å². The summed E-state index contributed by atoms with van der Waals surface area (Å²) in [7, 11) is 0. The zero-order chi connectivity index (χ0) is 35.4. The molecule has 10 aromatic rings. The van der Waals surface area contributed by atoms with Crippen LogP contribution in [0.4, 0.5) is 0 Å². The summed E-state index contributed by atoms with van der Waals surface area (Å²) in [6, 6.07) is 71.5. The molecule has 1 heterocycles. The fourth-order valence-corrected chi connectivity index (χ4v) is 9.89. The molecular weight excluding hydrogens is 653 g/mol. The highest BCUT2D eigenvalue weighted by Crippen LogP contribution is 2.65. The molecule has 0 saturated heterocycles. The minimum absolute atomic E-state index is 0.476. The van der Waals surface area contributed by atoms with Crippen LogP contribution in [0.3, 0.4) is 0 Å². The summed E-state index contributed by atoms with van der Waals surface area (Å²) in [6.07, 6.45) is 0. The second-order valence-electron chi connectivity index (χ2n) is 14.6. The number of fused-ring (bicyclic) bond motifs is 15. The third-order valence-corrected chi connectivity index (χ3v) is 12.0. The fraction of sp³-hybridized carbons (Fsp3) is 0.0192. The lowest BCUT2D eigenvalue weighted by Crippen LogP contribution is -2.26. The van der Waals surface area contributed by atoms with Crippen molar-refractivity contribution in [3.8, 4) is 50.5 Å². The molecule has 0 bridgehead atoms. The van der Waals surface area contributed by atoms with Crippen molar-refractivity contribution in [1.29, 1.82) is 0 Å². The van der Waals surface area contributed by atoms with Gasteiger partial charge >= 0.3 is 0 Å². The molecule has 0 unspecified atom stereocenters. The van der Waals surface area contributed by atoms with Gasteiger partial charge in [-0.3, -0.25) is 4.57 Å². The molecule has 2 aliphatic rings. The van der Waals surface area contributed by atoms with E-state index in [1.54, 1.807) is 0 Å². The van der Waals surface area contributed by atoms with Gasteiger partial charge in [-0.25, -0.2) is 4.98 Å². The topological polar surface area (TPSA) is 17.8 Å². The van der Waals surface area contributed by atoms with Crippen LogP contribution in [0.2, 0.25) is 0 Å². The van der Waals surface area contributed by atoms with Gasteiger partial charge in [0.2, 0.25) is 0 Å². The Morgan fingerprint density at radius 3 is 1.87 bits per heavy atom. The number of imidazole rings is 1. The van der Waals surface area contributed by atoms with Crippen LogP contribution in [0.25, 0.3) is 83.0 Å². The number of rotatable bonds is 3. The Morgan fingerprint density at radius 2 is 1.06 bits per heavy atom. The minimum atomic E-state index is -0.476. The van der Waals surface area contributed by atoms with Crippen molar-refractivity contribution in [2.24, 2.45) is 0 Å². The van der Waals surface area contributed by atoms with Gasteiger partial charge in [-0.15, -0.1) is 0 Å². The maximum atomic E-state index is 5.16. The summed E-state index contributed by atoms with van der Waals surface area (Å²) in [5, 5.41) is 5.11. The van der Waals surface area contributed by atoms with E-state index >= 15 is 0 Å². The Balaban J connectivity index is 1.19. The molecule has 1 aromatic heterocycles. The van der Waals surface area contributed by atoms with Crippen molar-refractivity contribution < 1.29 is 0 Å². The van der Waals surface area contributed by atoms with E-state index in [1.165, 1.54) is 77.2 Å². The number of nitrogens with zero attached hydrogens (tertiary/aromatic N) is 2. The molecule has 0 radical (unpaired) electrons. The molecule has 1 spiro atoms. The van der Waals surface area contributed by atoms with Crippen molar-refractivity contribution in [3.63, 3.8) is 0 Å². The van der Waals surface area contributed by atoms with Crippen molar-refractivity contribution in [2.45, 2.75) is 5.41 Å². The first-order valence-electron chi connectivity index (χ1n) is 18.7. The number of aromatic nitrogens is 2. The molecule has 250 valence electrons. The highest BCUT2D eigenvalue weighted by atomic mass is 15.1. The summed E-state index contributed by atoms with van der Waals surface area (Å²) < 4.78 is 2.32. The molecule has 0 aliphatic heterocycles. The summed E-state index contributed by atoms with van der Waals surface area (Å²) in [6.45, 7) is 0. The highest BCUT2D eigenvalue weighted by molar-refractivity contribution is 6.14. The van der Waals surface area contributed by atoms with Crippen molar-refractivity contribution in [2.75, 3.05) is 0 Å². The Kier molecular flexibility index (Phi) is 6.01. The Morgan fingerprint density at radius 1 is 0.407 bits per heavy atom. The van der Waals surface area contributed by atoms with Crippen molar-refractivity contribution in [1.82, 2.24) is 9.55 Å². The molecule has 0 atom stereocenters. The lowest BCUT2D eigenvalue weighted by molar-refractivity contribution is 0.802. The summed E-state index contributed by atoms with van der Waals surface area (Å²) in [5.74, 6) is 0.938. The molecule has 0 amide bonds. The molecule has 0 saturated carbocycles. The maximum Gasteiger partial charge on any atom is 0.145 e. The first-order valence-corrected chi connectivity index (χ1v) is 18.7. The Bertz CT molecular complexity index is 3120. The number of para-hydroxylation sites is 2. The molecule has 12 rings (SSSR count). The largest absolute Gasteiger partial charge is 0.292 e. The average molecular weight is 685 g/mol. The van der Waals surface area contributed by atoms with Crippen LogP contribution < -0.4 is 0 Å². The van der Waals surface area contributed by atoms with E-state index in [0.717, 1.165) is 28.1 Å². The number of hydrogen-bond acceptors (Lipinski definition) is 1. The second-order valence-corrected chi connectivity index (χ2v) is 14.6. The third kappa shape index (κ3) is 3.81. The molecule has 54 heavy (non-hydrogen) atoms. The Labute approximate surface area is 313 Å². The van der Waals surface area contributed by atoms with Gasteiger partial charge in [0, 0.05) is 11.3 Å². The molecule has 2 nitrogen and oxygen atoms in total. The van der Waals surface area contributed by atoms with E-state index in [0.29, 0.717) is 0 Å². The van der Waals surface area contributed by atoms with E-state index in [4.69, 9.17) is 4.98 Å². The minimum Gasteiger partial charge on any atom is -0.292 e. The zero-order valence-electron chi connectivity index (χ0n) is 29.4. The van der Waals surface area contributed by atoms with Gasteiger partial charge < -0.3 is 0 Å². The van der Waals surface area contributed by atoms with E-state index < -0.39 is 5.41 Å². The quantitative estimate of drug-likeness (QED) is 0.181. The van der Waals surface area contributed by atoms with E-state index in [-0.39, 0.29) is 0 Å². The molecular formula is C52H32N2. The van der Waals surface area contributed by atoms with Gasteiger partial charge in [0.25, 0.3) is 0 Å². The fourth-order valence-electron chi connectivity index (χ4n) is 9.89. The van der Waals surface area contributed by atoms with Crippen LogP contribution >= 0.6 is 0 Å². The van der Waals surface area contributed by atoms with Crippen molar-refractivity contribution in [3.05, 3.63) is 216 Å². The van der Waals surface area contributed by atoms with Crippen molar-refractivity contribution >= 4 is 32.6 Å². The Hall–Kier alpha value is -7.03. The predicted octanol–water partition coefficient (Wildman–Crippen LogP) is 13.0. The molecule has 2 aliphatic carbocycles. The maximum absolute atomic E-state index is 5.16. The van der Waals surface area contributed by atoms with Gasteiger partial charge in [-0.1, -0.05) is 164 Å². The summed E-state index contributed by atoms with van der Waals surface area (Å²) >= 11 is 0. The lowest BCUT2D eigenvalue weighted by atomic mass is 9.69. The van der Waals surface area contributed by atoms with Crippen LogP contribution in [-0.4, -0.2) is 9.55 Å². The van der Waals surface area contributed by atoms with Gasteiger partial charge in [-0.05, 0) is 108 Å². The highest BCUT2D eigenvalue weighted by Gasteiger charge is 2.53. The normalized spacial score (nSPS) is 13.3. The smallest absolute Gasteiger partial charge is 0.145 e. The van der Waals surface area contributed by atoms with E-state index in [9.17, 15) is 0 Å². The number of benzene rings is 9. The van der Waals surface area contributed by atoms with Gasteiger partial charge in [-0.2, -0.15) is 0 Å². The SMILES string of the molecule is c1ccc(-c2nc3ccccc3n2-c2cccc(-c3cc4c(c5ccccc35)-c3ccc5ccccc5c3C43c4ccccc4-c4ccccc43)c2)cc1. The standard InChI is InChI=1S/C52H32N2/c1-2-16-34(17-3-1)51-53-47-27-12-13-28-48(47)54(51)36-19-14-18-35(31-36)43-32-46-49(41-24-7-6-21-38(41)43)42-30-29-33-15-4-5-20-37(33)50(42)52(46)44-25-10-8-22-39(44)40-23-9-11-26-45(40)52/h1-32H. The molecule has 2 heteroatoms. The van der Waals surface area contributed by atoms with E-state index in [1.807, 2.05) is 0 Å². The second kappa shape index (κ2) is 11.0. The molecule has 0 N–H and O–H groups in total. The number of hydrogen-bond donors (Lipinski definition) is 0. The van der Waals surface area contributed by atoms with E-state index in [2.05, 4.69) is 199 Å². The van der Waals surface area contributed by atoms with Gasteiger partial charge in [0.05, 0.1) is 16.4 Å². The first kappa shape index (κ1) is 29.5. The predicted molar refractivity (Wildman–Crippen MR) is 223 cm³/mol. The van der Waals surface area contributed by atoms with Crippen LogP contribution in [0.15, 0.2) is 194 Å². The van der Waals surface area contributed by atoms with Gasteiger partial charge in [0.15, 0.2) is 0 Å². The molecule has 9 aromatic carbocycles. The van der Waals surface area contributed by atoms with Crippen LogP contribution in [-0.2, 0) is 5.41 Å². The monoisotopic (exact) mass is 684 g/mol. The molecule has 0 fully saturated rings. The summed E-state index contributed by atoms with van der Waals surface area (Å²) in [5.41, 5.74) is 16.9. The third-order valence-electron chi connectivity index (χ3n) is 12.0.